The van der Waals surface area contributed by atoms with Crippen LogP contribution in [-0.4, -0.2) is 57.2 Å². The van der Waals surface area contributed by atoms with Gasteiger partial charge >= 0.3 is 5.97 Å². The Morgan fingerprint density at radius 2 is 1.52 bits per heavy atom. The molecule has 29 heavy (non-hydrogen) atoms. The van der Waals surface area contributed by atoms with Crippen molar-refractivity contribution in [1.29, 1.82) is 0 Å². The zero-order chi connectivity index (χ0) is 20.7. The van der Waals surface area contributed by atoms with Crippen molar-refractivity contribution in [2.45, 2.75) is 6.42 Å². The van der Waals surface area contributed by atoms with E-state index in [0.29, 0.717) is 17.2 Å². The van der Waals surface area contributed by atoms with E-state index in [0.717, 1.165) is 6.42 Å². The van der Waals surface area contributed by atoms with Crippen molar-refractivity contribution in [3.8, 4) is 17.2 Å². The largest absolute Gasteiger partial charge is 0.493 e. The van der Waals surface area contributed by atoms with Crippen molar-refractivity contribution in [3.63, 3.8) is 0 Å². The van der Waals surface area contributed by atoms with Crippen LogP contribution in [0.2, 0.25) is 0 Å². The molecule has 2 fully saturated rings. The fourth-order valence-corrected chi connectivity index (χ4v) is 4.70. The van der Waals surface area contributed by atoms with Crippen LogP contribution in [0.3, 0.4) is 0 Å². The van der Waals surface area contributed by atoms with Gasteiger partial charge in [0.1, 0.15) is 6.61 Å². The highest BCUT2D eigenvalue weighted by atomic mass is 16.5. The molecule has 2 aliphatic carbocycles. The summed E-state index contributed by atoms with van der Waals surface area (Å²) in [5.41, 5.74) is 0.220. The SMILES string of the molecule is COc1cc(C(=O)OCCN2C(=O)[C@@H]3[C@H](C2=O)[C@H]2C=C[C@@H]3C2)cc(OC)c1OC. The molecule has 0 N–H and O–H groups in total. The number of hydrogen-bond donors (Lipinski definition) is 0. The Bertz CT molecular complexity index is 838. The number of carbonyl (C=O) groups excluding carboxylic acids is 3. The lowest BCUT2D eigenvalue weighted by Crippen LogP contribution is -2.36. The first-order chi connectivity index (χ1) is 14.0. The summed E-state index contributed by atoms with van der Waals surface area (Å²) in [6, 6.07) is 2.98. The van der Waals surface area contributed by atoms with Gasteiger partial charge in [0.05, 0.1) is 45.3 Å². The first kappa shape index (κ1) is 19.3. The minimum atomic E-state index is -0.606. The van der Waals surface area contributed by atoms with Gasteiger partial charge in [-0.05, 0) is 30.4 Å². The highest BCUT2D eigenvalue weighted by molar-refractivity contribution is 6.06. The molecular weight excluding hydrogens is 378 g/mol. The van der Waals surface area contributed by atoms with Crippen LogP contribution in [0, 0.1) is 23.7 Å². The minimum Gasteiger partial charge on any atom is -0.493 e. The Morgan fingerprint density at radius 3 is 2.00 bits per heavy atom. The van der Waals surface area contributed by atoms with Gasteiger partial charge in [-0.3, -0.25) is 14.5 Å². The normalized spacial score (nSPS) is 26.7. The zero-order valence-corrected chi connectivity index (χ0v) is 16.5. The number of benzene rings is 1. The van der Waals surface area contributed by atoms with Crippen molar-refractivity contribution in [2.75, 3.05) is 34.5 Å². The Hall–Kier alpha value is -3.03. The predicted octanol–water partition coefficient (Wildman–Crippen LogP) is 1.68. The maximum Gasteiger partial charge on any atom is 0.338 e. The molecule has 154 valence electrons. The average Bonchev–Trinajstić information content (AvgIpc) is 3.42. The number of fused-ring (bicyclic) bond motifs is 5. The molecule has 1 saturated heterocycles. The zero-order valence-electron chi connectivity index (χ0n) is 16.5. The van der Waals surface area contributed by atoms with Crippen molar-refractivity contribution < 1.29 is 33.3 Å². The maximum atomic E-state index is 12.7. The van der Waals surface area contributed by atoms with E-state index in [2.05, 4.69) is 0 Å². The second-order valence-corrected chi connectivity index (χ2v) is 7.38. The highest BCUT2D eigenvalue weighted by Gasteiger charge is 2.59. The molecule has 2 amide bonds. The summed E-state index contributed by atoms with van der Waals surface area (Å²) in [4.78, 5) is 39.0. The van der Waals surface area contributed by atoms with Gasteiger partial charge in [0.25, 0.3) is 0 Å². The molecule has 1 aromatic rings. The quantitative estimate of drug-likeness (QED) is 0.390. The van der Waals surface area contributed by atoms with E-state index in [9.17, 15) is 14.4 Å². The summed E-state index contributed by atoms with van der Waals surface area (Å²) in [6.07, 6.45) is 4.98. The number of ether oxygens (including phenoxy) is 4. The Morgan fingerprint density at radius 1 is 0.966 bits per heavy atom. The lowest BCUT2D eigenvalue weighted by molar-refractivity contribution is -0.141. The molecule has 4 rings (SSSR count). The minimum absolute atomic E-state index is 0.0558. The molecule has 1 heterocycles. The third-order valence-electron chi connectivity index (χ3n) is 6.01. The Labute approximate surface area is 168 Å². The summed E-state index contributed by atoms with van der Waals surface area (Å²) in [5, 5.41) is 0. The fraction of sp³-hybridized carbons (Fsp3) is 0.476. The topological polar surface area (TPSA) is 91.4 Å². The number of likely N-dealkylation sites (tertiary alicyclic amines) is 1. The summed E-state index contributed by atoms with van der Waals surface area (Å²) in [6.45, 7) is -0.0184. The van der Waals surface area contributed by atoms with Crippen molar-refractivity contribution in [3.05, 3.63) is 29.8 Å². The second kappa shape index (κ2) is 7.42. The van der Waals surface area contributed by atoms with Crippen LogP contribution in [-0.2, 0) is 14.3 Å². The van der Waals surface area contributed by atoms with E-state index in [1.807, 2.05) is 12.2 Å². The van der Waals surface area contributed by atoms with E-state index < -0.39 is 5.97 Å². The van der Waals surface area contributed by atoms with Crippen molar-refractivity contribution in [2.24, 2.45) is 23.7 Å². The number of nitrogens with zero attached hydrogens (tertiary/aromatic N) is 1. The van der Waals surface area contributed by atoms with Crippen molar-refractivity contribution >= 4 is 17.8 Å². The van der Waals surface area contributed by atoms with Gasteiger partial charge in [0.2, 0.25) is 17.6 Å². The number of hydrogen-bond acceptors (Lipinski definition) is 7. The van der Waals surface area contributed by atoms with E-state index in [1.54, 1.807) is 0 Å². The number of amides is 2. The van der Waals surface area contributed by atoms with Crippen LogP contribution >= 0.6 is 0 Å². The molecule has 8 heteroatoms. The molecular formula is C21H23NO7. The molecule has 8 nitrogen and oxygen atoms in total. The molecule has 0 unspecified atom stereocenters. The number of imide groups is 1. The van der Waals surface area contributed by atoms with E-state index in [-0.39, 0.29) is 54.2 Å². The molecule has 0 radical (unpaired) electrons. The first-order valence-electron chi connectivity index (χ1n) is 9.50. The van der Waals surface area contributed by atoms with Gasteiger partial charge in [0, 0.05) is 0 Å². The lowest BCUT2D eigenvalue weighted by atomic mass is 9.85. The molecule has 2 bridgehead atoms. The van der Waals surface area contributed by atoms with Crippen LogP contribution in [0.4, 0.5) is 0 Å². The van der Waals surface area contributed by atoms with Crippen LogP contribution in [0.1, 0.15) is 16.8 Å². The van der Waals surface area contributed by atoms with Crippen LogP contribution < -0.4 is 14.2 Å². The highest BCUT2D eigenvalue weighted by Crippen LogP contribution is 2.52. The molecule has 4 atom stereocenters. The van der Waals surface area contributed by atoms with Gasteiger partial charge in [-0.25, -0.2) is 4.79 Å². The number of carbonyl (C=O) groups is 3. The molecule has 0 aromatic heterocycles. The summed E-state index contributed by atoms with van der Waals surface area (Å²) >= 11 is 0. The summed E-state index contributed by atoms with van der Waals surface area (Å²) in [5.74, 6) is -0.0479. The first-order valence-corrected chi connectivity index (χ1v) is 9.50. The number of allylic oxidation sites excluding steroid dienone is 2. The number of esters is 1. The average molecular weight is 401 g/mol. The van der Waals surface area contributed by atoms with E-state index in [4.69, 9.17) is 18.9 Å². The van der Waals surface area contributed by atoms with Gasteiger partial charge in [-0.2, -0.15) is 0 Å². The van der Waals surface area contributed by atoms with Gasteiger partial charge in [-0.1, -0.05) is 12.2 Å². The Balaban J connectivity index is 1.40. The van der Waals surface area contributed by atoms with Crippen LogP contribution in [0.25, 0.3) is 0 Å². The summed E-state index contributed by atoms with van der Waals surface area (Å²) < 4.78 is 21.0. The third-order valence-corrected chi connectivity index (χ3v) is 6.01. The van der Waals surface area contributed by atoms with Gasteiger partial charge in [-0.15, -0.1) is 0 Å². The van der Waals surface area contributed by atoms with Gasteiger partial charge < -0.3 is 18.9 Å². The lowest BCUT2D eigenvalue weighted by Gasteiger charge is -2.17. The molecule has 1 saturated carbocycles. The smallest absolute Gasteiger partial charge is 0.338 e. The fourth-order valence-electron chi connectivity index (χ4n) is 4.70. The van der Waals surface area contributed by atoms with Crippen LogP contribution in [0.15, 0.2) is 24.3 Å². The molecule has 0 spiro atoms. The summed E-state index contributed by atoms with van der Waals surface area (Å²) in [7, 11) is 4.38. The number of methoxy groups -OCH3 is 3. The monoisotopic (exact) mass is 401 g/mol. The van der Waals surface area contributed by atoms with Crippen LogP contribution in [0.5, 0.6) is 17.2 Å². The van der Waals surface area contributed by atoms with E-state index >= 15 is 0 Å². The molecule has 3 aliphatic rings. The predicted molar refractivity (Wildman–Crippen MR) is 101 cm³/mol. The third kappa shape index (κ3) is 3.03. The van der Waals surface area contributed by atoms with E-state index in [1.165, 1.54) is 38.4 Å². The standard InChI is InChI=1S/C21H23NO7/c1-26-14-9-13(10-15(27-2)18(14)28-3)21(25)29-7-6-22-19(23)16-11-4-5-12(8-11)17(16)20(22)24/h4-5,9-12,16-17H,6-8H2,1-3H3/t11-,12+,16+,17-. The number of rotatable bonds is 7. The maximum absolute atomic E-state index is 12.7. The molecule has 1 aliphatic heterocycles. The van der Waals surface area contributed by atoms with Gasteiger partial charge in [0.15, 0.2) is 11.5 Å². The second-order valence-electron chi connectivity index (χ2n) is 7.38. The molecule has 1 aromatic carbocycles. The van der Waals surface area contributed by atoms with Crippen molar-refractivity contribution in [1.82, 2.24) is 4.90 Å². The Kier molecular flexibility index (Phi) is 4.94.